The van der Waals surface area contributed by atoms with Gasteiger partial charge in [-0.05, 0) is 30.3 Å². The van der Waals surface area contributed by atoms with Crippen LogP contribution in [0.15, 0.2) is 66.7 Å². The normalized spacial score (nSPS) is 19.0. The van der Waals surface area contributed by atoms with Crippen LogP contribution < -0.4 is 15.4 Å². The molecule has 2 aliphatic rings. The van der Waals surface area contributed by atoms with Gasteiger partial charge in [-0.25, -0.2) is 0 Å². The van der Waals surface area contributed by atoms with E-state index >= 15 is 0 Å². The predicted molar refractivity (Wildman–Crippen MR) is 110 cm³/mol. The number of carbonyl (C=O) groups excluding carboxylic acids is 1. The van der Waals surface area contributed by atoms with Crippen LogP contribution in [0.1, 0.15) is 11.1 Å². The lowest BCUT2D eigenvalue weighted by Gasteiger charge is -2.36. The van der Waals surface area contributed by atoms with E-state index in [1.807, 2.05) is 54.6 Å². The molecular weight excluding hydrogens is 350 g/mol. The second-order valence-corrected chi connectivity index (χ2v) is 7.21. The highest BCUT2D eigenvalue weighted by Gasteiger charge is 2.53. The number of fused-ring (bicyclic) bond motifs is 8. The van der Waals surface area contributed by atoms with Crippen LogP contribution in [-0.2, 0) is 10.3 Å². The van der Waals surface area contributed by atoms with Gasteiger partial charge >= 0.3 is 0 Å². The first-order valence-corrected chi connectivity index (χ1v) is 9.21. The highest BCUT2D eigenvalue weighted by molar-refractivity contribution is 6.16. The summed E-state index contributed by atoms with van der Waals surface area (Å²) in [5, 5.41) is 7.67. The van der Waals surface area contributed by atoms with Crippen LogP contribution >= 0.6 is 0 Å². The van der Waals surface area contributed by atoms with Gasteiger partial charge < -0.3 is 20.4 Å². The predicted octanol–water partition coefficient (Wildman–Crippen LogP) is 4.46. The monoisotopic (exact) mass is 367 g/mol. The summed E-state index contributed by atoms with van der Waals surface area (Å²) in [5.41, 5.74) is 5.57. The van der Waals surface area contributed by atoms with Gasteiger partial charge in [0.05, 0.1) is 12.8 Å². The molecular formula is C23H17N3O2. The molecule has 0 radical (unpaired) electrons. The zero-order chi connectivity index (χ0) is 18.9. The molecule has 0 unspecified atom stereocenters. The highest BCUT2D eigenvalue weighted by atomic mass is 16.5. The number of carbonyl (C=O) groups is 1. The Morgan fingerprint density at radius 2 is 1.75 bits per heavy atom. The van der Waals surface area contributed by atoms with E-state index in [1.54, 1.807) is 7.11 Å². The van der Waals surface area contributed by atoms with Crippen LogP contribution in [0.4, 0.5) is 11.4 Å². The first-order valence-electron chi connectivity index (χ1n) is 9.21. The molecule has 1 spiro atoms. The molecule has 28 heavy (non-hydrogen) atoms. The summed E-state index contributed by atoms with van der Waals surface area (Å²) in [4.78, 5) is 17.0. The van der Waals surface area contributed by atoms with E-state index in [0.29, 0.717) is 0 Å². The quantitative estimate of drug-likeness (QED) is 0.465. The summed E-state index contributed by atoms with van der Waals surface area (Å²) in [6.45, 7) is 0. The molecule has 0 bridgehead atoms. The second kappa shape index (κ2) is 5.16. The molecule has 0 fully saturated rings. The van der Waals surface area contributed by atoms with Crippen molar-refractivity contribution in [1.29, 1.82) is 0 Å². The number of rotatable bonds is 1. The Balaban J connectivity index is 1.77. The highest BCUT2D eigenvalue weighted by Crippen LogP contribution is 2.53. The molecule has 2 aliphatic heterocycles. The molecule has 0 saturated heterocycles. The van der Waals surface area contributed by atoms with E-state index in [1.165, 1.54) is 0 Å². The summed E-state index contributed by atoms with van der Waals surface area (Å²) in [5.74, 6) is 0.632. The average Bonchev–Trinajstić information content (AvgIpc) is 3.25. The molecule has 5 nitrogen and oxygen atoms in total. The number of hydrogen-bond donors (Lipinski definition) is 3. The van der Waals surface area contributed by atoms with Crippen molar-refractivity contribution in [1.82, 2.24) is 4.98 Å². The molecule has 1 atom stereocenters. The summed E-state index contributed by atoms with van der Waals surface area (Å²) < 4.78 is 5.46. The number of H-pyrrole nitrogens is 1. The van der Waals surface area contributed by atoms with Gasteiger partial charge in [0, 0.05) is 39.0 Å². The van der Waals surface area contributed by atoms with Gasteiger partial charge in [0.15, 0.2) is 5.54 Å². The Morgan fingerprint density at radius 3 is 2.64 bits per heavy atom. The topological polar surface area (TPSA) is 66.1 Å². The van der Waals surface area contributed by atoms with Crippen molar-refractivity contribution in [2.75, 3.05) is 17.7 Å². The summed E-state index contributed by atoms with van der Waals surface area (Å²) in [6, 6.07) is 21.9. The lowest BCUT2D eigenvalue weighted by Crippen LogP contribution is -2.45. The second-order valence-electron chi connectivity index (χ2n) is 7.21. The maximum Gasteiger partial charge on any atom is 0.259 e. The average molecular weight is 367 g/mol. The van der Waals surface area contributed by atoms with Crippen molar-refractivity contribution in [3.05, 3.63) is 77.9 Å². The number of nitrogens with one attached hydrogen (secondary N) is 3. The van der Waals surface area contributed by atoms with E-state index in [2.05, 4.69) is 27.8 Å². The maximum atomic E-state index is 13.5. The first kappa shape index (κ1) is 15.3. The molecule has 1 aromatic heterocycles. The van der Waals surface area contributed by atoms with Gasteiger partial charge in [0.25, 0.3) is 5.91 Å². The van der Waals surface area contributed by atoms with E-state index in [0.717, 1.165) is 50.4 Å². The molecule has 6 rings (SSSR count). The smallest absolute Gasteiger partial charge is 0.259 e. The molecule has 3 aromatic carbocycles. The van der Waals surface area contributed by atoms with Crippen molar-refractivity contribution < 1.29 is 9.53 Å². The molecule has 0 saturated carbocycles. The maximum absolute atomic E-state index is 13.5. The number of amides is 1. The Hall–Kier alpha value is -3.73. The minimum Gasteiger partial charge on any atom is -0.497 e. The fraction of sp³-hybridized carbons (Fsp3) is 0.0870. The molecule has 1 amide bonds. The van der Waals surface area contributed by atoms with Gasteiger partial charge in [-0.1, -0.05) is 36.4 Å². The zero-order valence-corrected chi connectivity index (χ0v) is 15.2. The number of aromatic amines is 1. The van der Waals surface area contributed by atoms with Crippen molar-refractivity contribution in [3.63, 3.8) is 0 Å². The molecule has 136 valence electrons. The van der Waals surface area contributed by atoms with Crippen LogP contribution in [0.5, 0.6) is 5.75 Å². The van der Waals surface area contributed by atoms with Gasteiger partial charge in [-0.3, -0.25) is 4.79 Å². The standard InChI is InChI=1S/C23H17N3O2/c1-28-13-10-11-19-16(12-13)23(22(27)25-19)20-14-6-2-4-8-17(14)24-21(20)15-7-3-5-9-18(15)26-23/h2-12,24,26H,1H3,(H,25,27)/t23-/m0/s1. The van der Waals surface area contributed by atoms with E-state index in [-0.39, 0.29) is 5.91 Å². The third-order valence-corrected chi connectivity index (χ3v) is 5.82. The van der Waals surface area contributed by atoms with Gasteiger partial charge in [-0.2, -0.15) is 0 Å². The largest absolute Gasteiger partial charge is 0.497 e. The molecule has 3 heterocycles. The van der Waals surface area contributed by atoms with E-state index in [9.17, 15) is 4.79 Å². The lowest BCUT2D eigenvalue weighted by atomic mass is 9.78. The van der Waals surface area contributed by atoms with E-state index < -0.39 is 5.54 Å². The Bertz CT molecular complexity index is 1290. The number of anilines is 2. The van der Waals surface area contributed by atoms with Crippen LogP contribution in [0.25, 0.3) is 22.2 Å². The minimum absolute atomic E-state index is 0.0868. The van der Waals surface area contributed by atoms with Crippen molar-refractivity contribution >= 4 is 28.2 Å². The third-order valence-electron chi connectivity index (χ3n) is 5.82. The lowest BCUT2D eigenvalue weighted by molar-refractivity contribution is -0.118. The number of benzene rings is 3. The van der Waals surface area contributed by atoms with Crippen molar-refractivity contribution in [2.45, 2.75) is 5.54 Å². The van der Waals surface area contributed by atoms with Gasteiger partial charge in [-0.15, -0.1) is 0 Å². The van der Waals surface area contributed by atoms with Crippen LogP contribution in [0.3, 0.4) is 0 Å². The fourth-order valence-electron chi connectivity index (χ4n) is 4.59. The zero-order valence-electron chi connectivity index (χ0n) is 15.2. The molecule has 0 aliphatic carbocycles. The number of hydrogen-bond acceptors (Lipinski definition) is 3. The number of para-hydroxylation sites is 2. The number of methoxy groups -OCH3 is 1. The Morgan fingerprint density at radius 1 is 0.929 bits per heavy atom. The minimum atomic E-state index is -1.02. The van der Waals surface area contributed by atoms with Crippen LogP contribution in [0, 0.1) is 0 Å². The molecule has 3 N–H and O–H groups in total. The van der Waals surface area contributed by atoms with Crippen molar-refractivity contribution in [2.24, 2.45) is 0 Å². The van der Waals surface area contributed by atoms with Crippen molar-refractivity contribution in [3.8, 4) is 17.0 Å². The number of aromatic nitrogens is 1. The Kier molecular flexibility index (Phi) is 2.83. The molecule has 4 aromatic rings. The van der Waals surface area contributed by atoms with Crippen LogP contribution in [0.2, 0.25) is 0 Å². The van der Waals surface area contributed by atoms with E-state index in [4.69, 9.17) is 4.74 Å². The first-order chi connectivity index (χ1) is 13.7. The SMILES string of the molecule is COc1ccc2c(c1)[C@@]1(Nc3ccccc3-c3[nH]c4ccccc4c31)C(=O)N2. The fourth-order valence-corrected chi connectivity index (χ4v) is 4.59. The summed E-state index contributed by atoms with van der Waals surface area (Å²) in [6.07, 6.45) is 0. The summed E-state index contributed by atoms with van der Waals surface area (Å²) >= 11 is 0. The van der Waals surface area contributed by atoms with Gasteiger partial charge in [0.2, 0.25) is 0 Å². The Labute approximate surface area is 161 Å². The van der Waals surface area contributed by atoms with Gasteiger partial charge in [0.1, 0.15) is 5.75 Å². The summed E-state index contributed by atoms with van der Waals surface area (Å²) in [7, 11) is 1.64. The molecule has 5 heteroatoms. The van der Waals surface area contributed by atoms with Crippen LogP contribution in [-0.4, -0.2) is 18.0 Å². The number of ether oxygens (including phenoxy) is 1. The third kappa shape index (κ3) is 1.73.